The maximum Gasteiger partial charge on any atom is 0.310 e. The fraction of sp³-hybridized carbons (Fsp3) is 0.467. The molecule has 104 valence electrons. The van der Waals surface area contributed by atoms with Crippen LogP contribution in [-0.4, -0.2) is 18.0 Å². The first kappa shape index (κ1) is 12.2. The van der Waals surface area contributed by atoms with Gasteiger partial charge in [-0.05, 0) is 43.0 Å². The lowest BCUT2D eigenvalue weighted by Gasteiger charge is -2.23. The Balaban J connectivity index is 1.54. The molecule has 4 rings (SSSR count). The van der Waals surface area contributed by atoms with E-state index in [0.717, 1.165) is 12.8 Å². The van der Waals surface area contributed by atoms with Crippen LogP contribution in [0, 0.1) is 23.7 Å². The van der Waals surface area contributed by atoms with Crippen molar-refractivity contribution in [3.8, 4) is 0 Å². The quantitative estimate of drug-likeness (QED) is 0.852. The van der Waals surface area contributed by atoms with Crippen LogP contribution in [0.2, 0.25) is 5.02 Å². The van der Waals surface area contributed by atoms with E-state index in [-0.39, 0.29) is 41.7 Å². The molecule has 1 amide bonds. The fourth-order valence-corrected chi connectivity index (χ4v) is 4.25. The van der Waals surface area contributed by atoms with Gasteiger partial charge in [-0.25, -0.2) is 0 Å². The van der Waals surface area contributed by atoms with E-state index in [1.54, 1.807) is 24.3 Å². The van der Waals surface area contributed by atoms with E-state index in [9.17, 15) is 9.59 Å². The molecule has 3 fully saturated rings. The van der Waals surface area contributed by atoms with E-state index in [2.05, 4.69) is 5.32 Å². The number of halogens is 1. The maximum atomic E-state index is 12.5. The Morgan fingerprint density at radius 1 is 1.25 bits per heavy atom. The summed E-state index contributed by atoms with van der Waals surface area (Å²) in [5, 5.41) is 3.52. The highest BCUT2D eigenvalue weighted by molar-refractivity contribution is 6.30. The number of hydrogen-bond donors (Lipinski definition) is 1. The van der Waals surface area contributed by atoms with Crippen molar-refractivity contribution in [3.05, 3.63) is 29.3 Å². The molecule has 1 heterocycles. The lowest BCUT2D eigenvalue weighted by atomic mass is 9.79. The van der Waals surface area contributed by atoms with E-state index >= 15 is 0 Å². The minimum absolute atomic E-state index is 0.0667. The maximum absolute atomic E-state index is 12.5. The number of anilines is 1. The van der Waals surface area contributed by atoms with Crippen LogP contribution in [-0.2, 0) is 14.3 Å². The minimum atomic E-state index is -0.234. The number of fused-ring (bicyclic) bond motifs is 1. The van der Waals surface area contributed by atoms with Crippen molar-refractivity contribution in [2.75, 3.05) is 5.32 Å². The molecule has 0 aromatic heterocycles. The van der Waals surface area contributed by atoms with Crippen molar-refractivity contribution in [2.45, 2.75) is 18.9 Å². The Labute approximate surface area is 121 Å². The van der Waals surface area contributed by atoms with Crippen LogP contribution in [0.4, 0.5) is 5.69 Å². The number of esters is 1. The number of carbonyl (C=O) groups is 2. The molecule has 20 heavy (non-hydrogen) atoms. The number of nitrogens with one attached hydrogen (secondary N) is 1. The molecule has 4 nitrogen and oxygen atoms in total. The third kappa shape index (κ3) is 1.67. The Bertz CT molecular complexity index is 583. The van der Waals surface area contributed by atoms with Crippen LogP contribution in [0.1, 0.15) is 12.8 Å². The van der Waals surface area contributed by atoms with Crippen molar-refractivity contribution in [1.82, 2.24) is 0 Å². The molecule has 1 aromatic rings. The van der Waals surface area contributed by atoms with Crippen LogP contribution >= 0.6 is 11.6 Å². The monoisotopic (exact) mass is 291 g/mol. The Hall–Kier alpha value is -1.55. The second kappa shape index (κ2) is 4.22. The standard InChI is InChI=1S/C15H14ClNO3/c16-8-1-3-9(4-2-8)17-14(18)12-7-5-10-11(6-7)20-15(19)13(10)12/h1-4,7,10-13H,5-6H2,(H,17,18)/t7-,10-,11+,12-,13-/m0/s1. The Kier molecular flexibility index (Phi) is 2.58. The van der Waals surface area contributed by atoms with Gasteiger partial charge in [-0.15, -0.1) is 0 Å². The average molecular weight is 292 g/mol. The third-order valence-corrected chi connectivity index (χ3v) is 5.15. The molecule has 0 radical (unpaired) electrons. The Morgan fingerprint density at radius 3 is 2.75 bits per heavy atom. The molecule has 2 aliphatic carbocycles. The second-order valence-electron chi connectivity index (χ2n) is 5.92. The van der Waals surface area contributed by atoms with Crippen molar-refractivity contribution in [2.24, 2.45) is 23.7 Å². The van der Waals surface area contributed by atoms with Crippen LogP contribution in [0.5, 0.6) is 0 Å². The minimum Gasteiger partial charge on any atom is -0.462 e. The molecule has 5 atom stereocenters. The zero-order valence-corrected chi connectivity index (χ0v) is 11.5. The summed E-state index contributed by atoms with van der Waals surface area (Å²) in [6.07, 6.45) is 1.85. The Morgan fingerprint density at radius 2 is 2.00 bits per heavy atom. The van der Waals surface area contributed by atoms with Gasteiger partial charge in [0.05, 0.1) is 11.8 Å². The lowest BCUT2D eigenvalue weighted by molar-refractivity contribution is -0.145. The van der Waals surface area contributed by atoms with Crippen molar-refractivity contribution >= 4 is 29.2 Å². The molecule has 2 saturated carbocycles. The molecular formula is C15H14ClNO3. The molecule has 2 bridgehead atoms. The first-order chi connectivity index (χ1) is 9.63. The van der Waals surface area contributed by atoms with E-state index in [0.29, 0.717) is 10.7 Å². The SMILES string of the molecule is O=C(Nc1ccc(Cl)cc1)[C@H]1[C@H]2C[C@@H]3[C@@H]1C(=O)O[C@@H]3C2. The van der Waals surface area contributed by atoms with Gasteiger partial charge >= 0.3 is 5.97 Å². The van der Waals surface area contributed by atoms with Gasteiger partial charge in [0.2, 0.25) is 5.91 Å². The number of ether oxygens (including phenoxy) is 1. The highest BCUT2D eigenvalue weighted by Crippen LogP contribution is 2.57. The van der Waals surface area contributed by atoms with E-state index in [4.69, 9.17) is 16.3 Å². The summed E-state index contributed by atoms with van der Waals surface area (Å²) in [6.45, 7) is 0. The molecule has 5 heteroatoms. The second-order valence-corrected chi connectivity index (χ2v) is 6.35. The van der Waals surface area contributed by atoms with Crippen LogP contribution in [0.3, 0.4) is 0 Å². The zero-order chi connectivity index (χ0) is 13.9. The summed E-state index contributed by atoms with van der Waals surface area (Å²) in [5.41, 5.74) is 0.713. The predicted octanol–water partition coefficient (Wildman–Crippen LogP) is 2.48. The average Bonchev–Trinajstić information content (AvgIpc) is 3.02. The normalized spacial score (nSPS) is 37.0. The van der Waals surface area contributed by atoms with Crippen LogP contribution in [0.25, 0.3) is 0 Å². The number of benzene rings is 1. The summed E-state index contributed by atoms with van der Waals surface area (Å²) in [4.78, 5) is 24.4. The molecule has 1 N–H and O–H groups in total. The first-order valence-corrected chi connectivity index (χ1v) is 7.28. The molecule has 0 spiro atoms. The van der Waals surface area contributed by atoms with Crippen molar-refractivity contribution < 1.29 is 14.3 Å². The molecule has 1 aliphatic heterocycles. The fourth-order valence-electron chi connectivity index (χ4n) is 4.12. The van der Waals surface area contributed by atoms with Gasteiger partial charge < -0.3 is 10.1 Å². The zero-order valence-electron chi connectivity index (χ0n) is 10.7. The van der Waals surface area contributed by atoms with Gasteiger partial charge in [0.1, 0.15) is 6.10 Å². The molecule has 3 aliphatic rings. The summed E-state index contributed by atoms with van der Waals surface area (Å²) in [6, 6.07) is 7.00. The number of amides is 1. The van der Waals surface area contributed by atoms with Crippen molar-refractivity contribution in [1.29, 1.82) is 0 Å². The molecule has 1 saturated heterocycles. The third-order valence-electron chi connectivity index (χ3n) is 4.90. The lowest BCUT2D eigenvalue weighted by Crippen LogP contribution is -2.35. The largest absolute Gasteiger partial charge is 0.462 e. The summed E-state index contributed by atoms with van der Waals surface area (Å²) < 4.78 is 5.35. The summed E-state index contributed by atoms with van der Waals surface area (Å²) in [7, 11) is 0. The van der Waals surface area contributed by atoms with Gasteiger partial charge in [0, 0.05) is 16.6 Å². The van der Waals surface area contributed by atoms with Crippen molar-refractivity contribution in [3.63, 3.8) is 0 Å². The first-order valence-electron chi connectivity index (χ1n) is 6.90. The van der Waals surface area contributed by atoms with Gasteiger partial charge in [-0.2, -0.15) is 0 Å². The predicted molar refractivity (Wildman–Crippen MR) is 73.2 cm³/mol. The molecular weight excluding hydrogens is 278 g/mol. The summed E-state index contributed by atoms with van der Waals surface area (Å²) in [5.74, 6) is -0.173. The van der Waals surface area contributed by atoms with Gasteiger partial charge in [0.25, 0.3) is 0 Å². The molecule has 1 aromatic carbocycles. The smallest absolute Gasteiger partial charge is 0.310 e. The van der Waals surface area contributed by atoms with Crippen LogP contribution < -0.4 is 5.32 Å². The van der Waals surface area contributed by atoms with Gasteiger partial charge in [0.15, 0.2) is 0 Å². The number of hydrogen-bond acceptors (Lipinski definition) is 3. The number of rotatable bonds is 2. The van der Waals surface area contributed by atoms with Crippen LogP contribution in [0.15, 0.2) is 24.3 Å². The highest BCUT2D eigenvalue weighted by atomic mass is 35.5. The highest BCUT2D eigenvalue weighted by Gasteiger charge is 2.63. The van der Waals surface area contributed by atoms with Gasteiger partial charge in [-0.1, -0.05) is 11.6 Å². The van der Waals surface area contributed by atoms with E-state index in [1.165, 1.54) is 0 Å². The molecule has 0 unspecified atom stereocenters. The van der Waals surface area contributed by atoms with Gasteiger partial charge in [-0.3, -0.25) is 9.59 Å². The van der Waals surface area contributed by atoms with E-state index < -0.39 is 0 Å². The van der Waals surface area contributed by atoms with E-state index in [1.807, 2.05) is 0 Å². The topological polar surface area (TPSA) is 55.4 Å². The summed E-state index contributed by atoms with van der Waals surface area (Å²) >= 11 is 5.82. The number of carbonyl (C=O) groups excluding carboxylic acids is 2.